The van der Waals surface area contributed by atoms with Crippen molar-refractivity contribution in [3.8, 4) is 0 Å². The summed E-state index contributed by atoms with van der Waals surface area (Å²) >= 11 is 0. The molecule has 1 aromatic rings. The molecule has 1 saturated carbocycles. The van der Waals surface area contributed by atoms with E-state index < -0.39 is 10.0 Å². The van der Waals surface area contributed by atoms with Crippen molar-refractivity contribution in [2.24, 2.45) is 0 Å². The third-order valence-electron chi connectivity index (χ3n) is 7.35. The van der Waals surface area contributed by atoms with Crippen LogP contribution < -0.4 is 5.32 Å². The molecule has 32 heavy (non-hydrogen) atoms. The molecule has 2 saturated heterocycles. The fourth-order valence-electron chi connectivity index (χ4n) is 5.37. The summed E-state index contributed by atoms with van der Waals surface area (Å²) in [6.07, 6.45) is 8.89. The first-order chi connectivity index (χ1) is 15.5. The molecule has 8 heteroatoms. The second-order valence-electron chi connectivity index (χ2n) is 9.42. The summed E-state index contributed by atoms with van der Waals surface area (Å²) in [6, 6.07) is 7.03. The van der Waals surface area contributed by atoms with E-state index in [1.165, 1.54) is 19.3 Å². The first-order valence-corrected chi connectivity index (χ1v) is 13.6. The van der Waals surface area contributed by atoms with Crippen molar-refractivity contribution >= 4 is 15.9 Å². The van der Waals surface area contributed by atoms with Crippen LogP contribution in [-0.2, 0) is 26.0 Å². The monoisotopic (exact) mass is 463 g/mol. The van der Waals surface area contributed by atoms with Gasteiger partial charge in [0.25, 0.3) is 0 Å². The molecule has 178 valence electrons. The number of rotatable bonds is 8. The van der Waals surface area contributed by atoms with Gasteiger partial charge >= 0.3 is 0 Å². The fraction of sp³-hybridized carbons (Fsp3) is 0.708. The number of ether oxygens (including phenoxy) is 1. The summed E-state index contributed by atoms with van der Waals surface area (Å²) in [5.41, 5.74) is 1.06. The molecule has 0 atom stereocenters. The highest BCUT2D eigenvalue weighted by atomic mass is 32.2. The molecule has 3 aliphatic rings. The number of amides is 1. The van der Waals surface area contributed by atoms with E-state index in [1.54, 1.807) is 16.4 Å². The van der Waals surface area contributed by atoms with Gasteiger partial charge in [-0.2, -0.15) is 4.31 Å². The summed E-state index contributed by atoms with van der Waals surface area (Å²) in [6.45, 7) is 5.37. The van der Waals surface area contributed by atoms with Gasteiger partial charge in [-0.15, -0.1) is 0 Å². The lowest BCUT2D eigenvalue weighted by molar-refractivity contribution is -0.122. The number of hydrogen-bond donors (Lipinski definition) is 1. The quantitative estimate of drug-likeness (QED) is 0.641. The maximum atomic E-state index is 12.7. The molecule has 0 unspecified atom stereocenters. The lowest BCUT2D eigenvalue weighted by Gasteiger charge is -2.48. The zero-order valence-corrected chi connectivity index (χ0v) is 19.9. The van der Waals surface area contributed by atoms with Crippen molar-refractivity contribution in [1.29, 1.82) is 0 Å². The minimum atomic E-state index is -3.38. The number of benzene rings is 1. The standard InChI is InChI=1S/C24H37N3O4S/c28-23(25-20-24(12-2-1-3-13-24)26-16-18-31-19-17-26)11-8-21-6-9-22(10-7-21)32(29,30)27-14-4-5-15-27/h6-7,9-10H,1-5,8,11-20H2,(H,25,28). The molecule has 1 aromatic carbocycles. The van der Waals surface area contributed by atoms with Gasteiger partial charge in [-0.1, -0.05) is 31.4 Å². The zero-order chi connectivity index (χ0) is 22.4. The van der Waals surface area contributed by atoms with E-state index >= 15 is 0 Å². The van der Waals surface area contributed by atoms with E-state index in [1.807, 2.05) is 12.1 Å². The van der Waals surface area contributed by atoms with Crippen LogP contribution in [0, 0.1) is 0 Å². The number of morpholine rings is 1. The molecule has 2 heterocycles. The van der Waals surface area contributed by atoms with Crippen LogP contribution in [0.3, 0.4) is 0 Å². The average Bonchev–Trinajstić information content (AvgIpc) is 3.39. The van der Waals surface area contributed by atoms with Crippen molar-refractivity contribution in [2.75, 3.05) is 45.9 Å². The maximum absolute atomic E-state index is 12.7. The molecule has 7 nitrogen and oxygen atoms in total. The molecule has 2 aliphatic heterocycles. The zero-order valence-electron chi connectivity index (χ0n) is 19.1. The van der Waals surface area contributed by atoms with Crippen LogP contribution in [0.25, 0.3) is 0 Å². The Morgan fingerprint density at radius 2 is 1.59 bits per heavy atom. The van der Waals surface area contributed by atoms with Crippen molar-refractivity contribution in [1.82, 2.24) is 14.5 Å². The molecule has 3 fully saturated rings. The average molecular weight is 464 g/mol. The highest BCUT2D eigenvalue weighted by Gasteiger charge is 2.38. The SMILES string of the molecule is O=C(CCc1ccc(S(=O)(=O)N2CCCC2)cc1)NCC1(N2CCOCC2)CCCCC1. The number of nitrogens with one attached hydrogen (secondary N) is 1. The Bertz CT molecular complexity index is 854. The molecular weight excluding hydrogens is 426 g/mol. The van der Waals surface area contributed by atoms with E-state index in [0.29, 0.717) is 37.4 Å². The number of sulfonamides is 1. The lowest BCUT2D eigenvalue weighted by atomic mass is 9.79. The Morgan fingerprint density at radius 3 is 2.25 bits per heavy atom. The van der Waals surface area contributed by atoms with Gasteiger partial charge in [-0.25, -0.2) is 8.42 Å². The number of nitrogens with zero attached hydrogens (tertiary/aromatic N) is 2. The first-order valence-electron chi connectivity index (χ1n) is 12.2. The highest BCUT2D eigenvalue weighted by Crippen LogP contribution is 2.34. The Kier molecular flexibility index (Phi) is 7.87. The van der Waals surface area contributed by atoms with Gasteiger partial charge in [0.05, 0.1) is 18.1 Å². The summed E-state index contributed by atoms with van der Waals surface area (Å²) in [5.74, 6) is 0.0666. The molecular formula is C24H37N3O4S. The van der Waals surface area contributed by atoms with Gasteiger partial charge in [0.1, 0.15) is 0 Å². The van der Waals surface area contributed by atoms with Crippen molar-refractivity contribution in [2.45, 2.75) is 68.2 Å². The molecule has 0 bridgehead atoms. The number of carbonyl (C=O) groups excluding carboxylic acids is 1. The van der Waals surface area contributed by atoms with Crippen LogP contribution >= 0.6 is 0 Å². The van der Waals surface area contributed by atoms with Gasteiger partial charge in [0.15, 0.2) is 0 Å². The van der Waals surface area contributed by atoms with E-state index in [-0.39, 0.29) is 11.4 Å². The van der Waals surface area contributed by atoms with Crippen LogP contribution in [0.5, 0.6) is 0 Å². The van der Waals surface area contributed by atoms with E-state index in [9.17, 15) is 13.2 Å². The van der Waals surface area contributed by atoms with E-state index in [4.69, 9.17) is 4.74 Å². The molecule has 4 rings (SSSR count). The Morgan fingerprint density at radius 1 is 0.938 bits per heavy atom. The predicted molar refractivity (Wildman–Crippen MR) is 124 cm³/mol. The second-order valence-corrected chi connectivity index (χ2v) is 11.4. The van der Waals surface area contributed by atoms with Gasteiger partial charge in [0.2, 0.25) is 15.9 Å². The van der Waals surface area contributed by atoms with E-state index in [2.05, 4.69) is 10.2 Å². The maximum Gasteiger partial charge on any atom is 0.243 e. The molecule has 1 amide bonds. The molecule has 0 radical (unpaired) electrons. The topological polar surface area (TPSA) is 79.0 Å². The van der Waals surface area contributed by atoms with Crippen LogP contribution in [0.4, 0.5) is 0 Å². The van der Waals surface area contributed by atoms with Crippen LogP contribution in [0.2, 0.25) is 0 Å². The van der Waals surface area contributed by atoms with Crippen LogP contribution in [0.1, 0.15) is 56.9 Å². The van der Waals surface area contributed by atoms with Crippen molar-refractivity contribution in [3.05, 3.63) is 29.8 Å². The Labute approximate surface area is 192 Å². The number of hydrogen-bond acceptors (Lipinski definition) is 5. The minimum absolute atomic E-state index is 0.0666. The summed E-state index contributed by atoms with van der Waals surface area (Å²) in [4.78, 5) is 15.5. The third-order valence-corrected chi connectivity index (χ3v) is 9.26. The molecule has 1 N–H and O–H groups in total. The van der Waals surface area contributed by atoms with E-state index in [0.717, 1.165) is 57.6 Å². The molecule has 0 aromatic heterocycles. The number of aryl methyl sites for hydroxylation is 1. The van der Waals surface area contributed by atoms with Crippen LogP contribution in [-0.4, -0.2) is 75.0 Å². The van der Waals surface area contributed by atoms with Crippen LogP contribution in [0.15, 0.2) is 29.2 Å². The first kappa shape index (κ1) is 23.7. The summed E-state index contributed by atoms with van der Waals surface area (Å²) in [7, 11) is -3.38. The highest BCUT2D eigenvalue weighted by molar-refractivity contribution is 7.89. The smallest absolute Gasteiger partial charge is 0.243 e. The molecule has 1 aliphatic carbocycles. The normalized spacial score (nSPS) is 22.6. The number of carbonyl (C=O) groups is 1. The van der Waals surface area contributed by atoms with Gasteiger partial charge in [-0.05, 0) is 49.8 Å². The Hall–Kier alpha value is -1.48. The lowest BCUT2D eigenvalue weighted by Crippen LogP contribution is -2.59. The fourth-order valence-corrected chi connectivity index (χ4v) is 6.88. The predicted octanol–water partition coefficient (Wildman–Crippen LogP) is 2.55. The summed E-state index contributed by atoms with van der Waals surface area (Å²) in [5, 5.41) is 3.21. The van der Waals surface area contributed by atoms with Gasteiger partial charge in [0, 0.05) is 44.7 Å². The van der Waals surface area contributed by atoms with Gasteiger partial charge < -0.3 is 10.1 Å². The summed E-state index contributed by atoms with van der Waals surface area (Å²) < 4.78 is 32.4. The Balaban J connectivity index is 1.28. The third kappa shape index (κ3) is 5.53. The largest absolute Gasteiger partial charge is 0.379 e. The van der Waals surface area contributed by atoms with Gasteiger partial charge in [-0.3, -0.25) is 9.69 Å². The van der Waals surface area contributed by atoms with Crippen molar-refractivity contribution < 1.29 is 17.9 Å². The second kappa shape index (κ2) is 10.6. The van der Waals surface area contributed by atoms with Crippen molar-refractivity contribution in [3.63, 3.8) is 0 Å². The minimum Gasteiger partial charge on any atom is -0.379 e. The molecule has 0 spiro atoms.